The Hall–Kier alpha value is -2.83. The van der Waals surface area contributed by atoms with E-state index < -0.39 is 0 Å². The smallest absolute Gasteiger partial charge is 0.274 e. The number of hydrogen-bond acceptors (Lipinski definition) is 6. The lowest BCUT2D eigenvalue weighted by atomic mass is 9.98. The Morgan fingerprint density at radius 1 is 1.14 bits per heavy atom. The van der Waals surface area contributed by atoms with Crippen molar-refractivity contribution in [3.05, 3.63) is 41.1 Å². The fourth-order valence-electron chi connectivity index (χ4n) is 3.25. The average Bonchev–Trinajstić information content (AvgIpc) is 2.72. The Labute approximate surface area is 166 Å². The topological polar surface area (TPSA) is 76.6 Å². The molecule has 0 radical (unpaired) electrons. The number of hydrogen-bond donors (Lipinski definition) is 1. The zero-order valence-electron chi connectivity index (χ0n) is 17.0. The highest BCUT2D eigenvalue weighted by Gasteiger charge is 2.24. The quantitative estimate of drug-likeness (QED) is 0.790. The number of benzene rings is 1. The zero-order chi connectivity index (χ0) is 20.1. The van der Waals surface area contributed by atoms with Gasteiger partial charge in [-0.25, -0.2) is 0 Å². The molecule has 0 spiro atoms. The van der Waals surface area contributed by atoms with E-state index >= 15 is 0 Å². The van der Waals surface area contributed by atoms with Gasteiger partial charge < -0.3 is 19.7 Å². The molecule has 1 aliphatic heterocycles. The van der Waals surface area contributed by atoms with Crippen LogP contribution in [0, 0.1) is 5.92 Å². The summed E-state index contributed by atoms with van der Waals surface area (Å²) in [5, 5.41) is 11.5. The molecule has 0 aliphatic carbocycles. The molecule has 7 nitrogen and oxygen atoms in total. The third-order valence-corrected chi connectivity index (χ3v) is 4.92. The molecule has 28 heavy (non-hydrogen) atoms. The number of amides is 1. The number of carbonyl (C=O) groups excluding carboxylic acids is 1. The van der Waals surface area contributed by atoms with Crippen LogP contribution in [0.25, 0.3) is 0 Å². The number of anilines is 1. The first-order valence-corrected chi connectivity index (χ1v) is 9.62. The molecule has 0 unspecified atom stereocenters. The highest BCUT2D eigenvalue weighted by molar-refractivity contribution is 5.92. The molecule has 7 heteroatoms. The molecule has 0 saturated carbocycles. The van der Waals surface area contributed by atoms with Crippen molar-refractivity contribution in [1.29, 1.82) is 0 Å². The summed E-state index contributed by atoms with van der Waals surface area (Å²) in [7, 11) is 3.24. The van der Waals surface area contributed by atoms with E-state index in [-0.39, 0.29) is 5.91 Å². The fraction of sp³-hybridized carbons (Fsp3) is 0.476. The Morgan fingerprint density at radius 2 is 1.86 bits per heavy atom. The second-order valence-electron chi connectivity index (χ2n) is 7.37. The van der Waals surface area contributed by atoms with Crippen LogP contribution in [-0.4, -0.2) is 48.3 Å². The van der Waals surface area contributed by atoms with Gasteiger partial charge in [-0.1, -0.05) is 13.8 Å². The Morgan fingerprint density at radius 3 is 2.46 bits per heavy atom. The number of nitrogens with zero attached hydrogens (tertiary/aromatic N) is 3. The second kappa shape index (κ2) is 8.91. The lowest BCUT2D eigenvalue weighted by Gasteiger charge is -2.29. The molecular weight excluding hydrogens is 356 g/mol. The molecule has 1 aliphatic rings. The summed E-state index contributed by atoms with van der Waals surface area (Å²) in [4.78, 5) is 14.6. The molecule has 0 atom stereocenters. The highest BCUT2D eigenvalue weighted by Crippen LogP contribution is 2.33. The molecule has 1 amide bonds. The maximum atomic E-state index is 12.8. The largest absolute Gasteiger partial charge is 0.493 e. The third-order valence-electron chi connectivity index (χ3n) is 4.92. The minimum Gasteiger partial charge on any atom is -0.493 e. The maximum absolute atomic E-state index is 12.8. The number of carbonyl (C=O) groups is 1. The van der Waals surface area contributed by atoms with Crippen molar-refractivity contribution in [2.24, 2.45) is 5.92 Å². The molecular formula is C21H28N4O3. The summed E-state index contributed by atoms with van der Waals surface area (Å²) < 4.78 is 10.8. The number of ether oxygens (including phenoxy) is 2. The number of methoxy groups -OCH3 is 2. The minimum absolute atomic E-state index is 0.110. The van der Waals surface area contributed by atoms with Gasteiger partial charge in [0, 0.05) is 19.6 Å². The van der Waals surface area contributed by atoms with Gasteiger partial charge in [0.15, 0.2) is 17.2 Å². The van der Waals surface area contributed by atoms with Gasteiger partial charge in [0.1, 0.15) is 5.82 Å². The molecule has 2 heterocycles. The van der Waals surface area contributed by atoms with E-state index in [0.29, 0.717) is 42.0 Å². The van der Waals surface area contributed by atoms with Gasteiger partial charge in [0.2, 0.25) is 0 Å². The van der Waals surface area contributed by atoms with Crippen LogP contribution in [-0.2, 0) is 13.0 Å². The lowest BCUT2D eigenvalue weighted by molar-refractivity contribution is 0.0727. The highest BCUT2D eigenvalue weighted by atomic mass is 16.5. The standard InChI is InChI=1S/C21H28N4O3/c1-14(2)7-9-22-20-6-5-17(23-24-20)21(26)25-10-8-15-11-18(27-3)19(28-4)12-16(15)13-25/h5-6,11-12,14H,7-10,13H2,1-4H3,(H,22,24). The molecule has 1 N–H and O–H groups in total. The van der Waals surface area contributed by atoms with E-state index in [2.05, 4.69) is 29.4 Å². The van der Waals surface area contributed by atoms with Crippen molar-refractivity contribution in [2.75, 3.05) is 32.6 Å². The van der Waals surface area contributed by atoms with Crippen LogP contribution in [0.1, 0.15) is 41.9 Å². The summed E-state index contributed by atoms with van der Waals surface area (Å²) in [5.41, 5.74) is 2.60. The molecule has 1 aromatic heterocycles. The van der Waals surface area contributed by atoms with Gasteiger partial charge in [0.05, 0.1) is 14.2 Å². The summed E-state index contributed by atoms with van der Waals surface area (Å²) in [5.74, 6) is 2.60. The zero-order valence-corrected chi connectivity index (χ0v) is 17.0. The van der Waals surface area contributed by atoms with Crippen LogP contribution >= 0.6 is 0 Å². The average molecular weight is 384 g/mol. The van der Waals surface area contributed by atoms with Crippen molar-refractivity contribution < 1.29 is 14.3 Å². The number of aromatic nitrogens is 2. The van der Waals surface area contributed by atoms with Gasteiger partial charge in [0.25, 0.3) is 5.91 Å². The van der Waals surface area contributed by atoms with Crippen molar-refractivity contribution >= 4 is 11.7 Å². The Balaban J connectivity index is 1.67. The van der Waals surface area contributed by atoms with E-state index in [0.717, 1.165) is 24.9 Å². The monoisotopic (exact) mass is 384 g/mol. The molecule has 3 rings (SSSR count). The lowest BCUT2D eigenvalue weighted by Crippen LogP contribution is -2.36. The van der Waals surface area contributed by atoms with Gasteiger partial charge in [-0.3, -0.25) is 4.79 Å². The van der Waals surface area contributed by atoms with E-state index in [1.54, 1.807) is 25.2 Å². The van der Waals surface area contributed by atoms with Crippen molar-refractivity contribution in [1.82, 2.24) is 15.1 Å². The molecule has 0 bridgehead atoms. The first-order chi connectivity index (χ1) is 13.5. The molecule has 2 aromatic rings. The van der Waals surface area contributed by atoms with Gasteiger partial charge in [-0.2, -0.15) is 0 Å². The summed E-state index contributed by atoms with van der Waals surface area (Å²) in [6.07, 6.45) is 1.83. The number of nitrogens with one attached hydrogen (secondary N) is 1. The fourth-order valence-corrected chi connectivity index (χ4v) is 3.25. The predicted molar refractivity (Wildman–Crippen MR) is 108 cm³/mol. The number of rotatable bonds is 7. The number of fused-ring (bicyclic) bond motifs is 1. The predicted octanol–water partition coefficient (Wildman–Crippen LogP) is 3.15. The maximum Gasteiger partial charge on any atom is 0.274 e. The summed E-state index contributed by atoms with van der Waals surface area (Å²) in [6.45, 7) is 6.35. The van der Waals surface area contributed by atoms with Crippen LogP contribution in [0.4, 0.5) is 5.82 Å². The molecule has 0 saturated heterocycles. The normalized spacial score (nSPS) is 13.2. The SMILES string of the molecule is COc1cc2c(cc1OC)CN(C(=O)c1ccc(NCCC(C)C)nn1)CC2. The van der Waals surface area contributed by atoms with Gasteiger partial charge in [-0.05, 0) is 54.2 Å². The molecule has 150 valence electrons. The van der Waals surface area contributed by atoms with Crippen LogP contribution in [0.5, 0.6) is 11.5 Å². The van der Waals surface area contributed by atoms with Crippen LogP contribution < -0.4 is 14.8 Å². The first-order valence-electron chi connectivity index (χ1n) is 9.62. The first kappa shape index (κ1) is 19.9. The van der Waals surface area contributed by atoms with Gasteiger partial charge >= 0.3 is 0 Å². The summed E-state index contributed by atoms with van der Waals surface area (Å²) >= 11 is 0. The van der Waals surface area contributed by atoms with E-state index in [9.17, 15) is 4.79 Å². The van der Waals surface area contributed by atoms with Crippen molar-refractivity contribution in [3.8, 4) is 11.5 Å². The van der Waals surface area contributed by atoms with Crippen LogP contribution in [0.2, 0.25) is 0 Å². The molecule has 0 fully saturated rings. The molecule has 1 aromatic carbocycles. The van der Waals surface area contributed by atoms with Crippen LogP contribution in [0.15, 0.2) is 24.3 Å². The van der Waals surface area contributed by atoms with Crippen molar-refractivity contribution in [2.45, 2.75) is 33.2 Å². The third kappa shape index (κ3) is 4.52. The van der Waals surface area contributed by atoms with E-state index in [4.69, 9.17) is 9.47 Å². The van der Waals surface area contributed by atoms with Crippen LogP contribution in [0.3, 0.4) is 0 Å². The van der Waals surface area contributed by atoms with E-state index in [1.807, 2.05) is 18.2 Å². The van der Waals surface area contributed by atoms with Crippen molar-refractivity contribution in [3.63, 3.8) is 0 Å². The summed E-state index contributed by atoms with van der Waals surface area (Å²) in [6, 6.07) is 7.48. The second-order valence-corrected chi connectivity index (χ2v) is 7.37. The van der Waals surface area contributed by atoms with E-state index in [1.165, 1.54) is 5.56 Å². The van der Waals surface area contributed by atoms with Gasteiger partial charge in [-0.15, -0.1) is 10.2 Å². The minimum atomic E-state index is -0.110. The Kier molecular flexibility index (Phi) is 6.34. The Bertz CT molecular complexity index is 821.